The Bertz CT molecular complexity index is 607. The Morgan fingerprint density at radius 1 is 1.38 bits per heavy atom. The van der Waals surface area contributed by atoms with Crippen LogP contribution in [0.15, 0.2) is 41.0 Å². The van der Waals surface area contributed by atoms with Crippen LogP contribution in [0.25, 0.3) is 0 Å². The molecule has 1 heterocycles. The van der Waals surface area contributed by atoms with Crippen molar-refractivity contribution in [1.82, 2.24) is 10.3 Å². The standard InChI is InChI=1S/C16H18BrFN2O/c1-3-19-15(13-5-4-8-20-16(13)21-2)9-11-6-7-12(18)10-14(11)17/h4-8,10,15,19H,3,9H2,1-2H3. The van der Waals surface area contributed by atoms with Crippen LogP contribution < -0.4 is 10.1 Å². The number of aromatic nitrogens is 1. The van der Waals surface area contributed by atoms with Gasteiger partial charge in [-0.2, -0.15) is 0 Å². The Hall–Kier alpha value is -1.46. The van der Waals surface area contributed by atoms with Crippen LogP contribution in [-0.4, -0.2) is 18.6 Å². The Morgan fingerprint density at radius 2 is 2.19 bits per heavy atom. The van der Waals surface area contributed by atoms with Gasteiger partial charge in [0.15, 0.2) is 0 Å². The first-order chi connectivity index (χ1) is 10.2. The number of rotatable bonds is 6. The minimum atomic E-state index is -0.246. The number of hydrogen-bond acceptors (Lipinski definition) is 3. The molecule has 0 fully saturated rings. The van der Waals surface area contributed by atoms with Gasteiger partial charge in [-0.25, -0.2) is 9.37 Å². The maximum Gasteiger partial charge on any atom is 0.217 e. The lowest BCUT2D eigenvalue weighted by atomic mass is 9.99. The number of nitrogens with zero attached hydrogens (tertiary/aromatic N) is 1. The summed E-state index contributed by atoms with van der Waals surface area (Å²) in [5.74, 6) is 0.367. The molecule has 0 saturated heterocycles. The molecular formula is C16H18BrFN2O. The highest BCUT2D eigenvalue weighted by Crippen LogP contribution is 2.28. The molecule has 2 aromatic rings. The normalized spacial score (nSPS) is 12.2. The summed E-state index contributed by atoms with van der Waals surface area (Å²) in [5.41, 5.74) is 2.03. The SMILES string of the molecule is CCNC(Cc1ccc(F)cc1Br)c1cccnc1OC. The smallest absolute Gasteiger partial charge is 0.217 e. The number of halogens is 2. The molecular weight excluding hydrogens is 335 g/mol. The highest BCUT2D eigenvalue weighted by molar-refractivity contribution is 9.10. The highest BCUT2D eigenvalue weighted by Gasteiger charge is 2.17. The predicted octanol–water partition coefficient (Wildman–Crippen LogP) is 3.89. The second-order valence-corrected chi connectivity index (χ2v) is 5.51. The zero-order valence-corrected chi connectivity index (χ0v) is 13.7. The Kier molecular flexibility index (Phi) is 5.70. The number of methoxy groups -OCH3 is 1. The van der Waals surface area contributed by atoms with Crippen LogP contribution in [0.2, 0.25) is 0 Å². The summed E-state index contributed by atoms with van der Waals surface area (Å²) < 4.78 is 19.3. The Labute approximate surface area is 132 Å². The first kappa shape index (κ1) is 15.9. The molecule has 112 valence electrons. The van der Waals surface area contributed by atoms with E-state index in [0.717, 1.165) is 28.6 Å². The third kappa shape index (κ3) is 4.02. The van der Waals surface area contributed by atoms with Gasteiger partial charge in [-0.1, -0.05) is 35.0 Å². The number of likely N-dealkylation sites (N-methyl/N-ethyl adjacent to an activating group) is 1. The molecule has 1 atom stereocenters. The van der Waals surface area contributed by atoms with Crippen LogP contribution in [0, 0.1) is 5.82 Å². The lowest BCUT2D eigenvalue weighted by Crippen LogP contribution is -2.24. The maximum atomic E-state index is 13.2. The van der Waals surface area contributed by atoms with E-state index in [9.17, 15) is 4.39 Å². The molecule has 21 heavy (non-hydrogen) atoms. The van der Waals surface area contributed by atoms with E-state index >= 15 is 0 Å². The first-order valence-corrected chi connectivity index (χ1v) is 7.61. The summed E-state index contributed by atoms with van der Waals surface area (Å²) in [7, 11) is 1.61. The predicted molar refractivity (Wildman–Crippen MR) is 85.0 cm³/mol. The van der Waals surface area contributed by atoms with Gasteiger partial charge in [0.25, 0.3) is 0 Å². The van der Waals surface area contributed by atoms with E-state index in [4.69, 9.17) is 4.74 Å². The van der Waals surface area contributed by atoms with Crippen molar-refractivity contribution in [2.75, 3.05) is 13.7 Å². The van der Waals surface area contributed by atoms with Gasteiger partial charge >= 0.3 is 0 Å². The molecule has 0 aliphatic heterocycles. The van der Waals surface area contributed by atoms with Crippen molar-refractivity contribution in [2.45, 2.75) is 19.4 Å². The third-order valence-corrected chi connectivity index (χ3v) is 4.00. The van der Waals surface area contributed by atoms with Crippen LogP contribution in [0.5, 0.6) is 5.88 Å². The summed E-state index contributed by atoms with van der Waals surface area (Å²) in [4.78, 5) is 4.24. The van der Waals surface area contributed by atoms with E-state index in [1.807, 2.05) is 12.1 Å². The summed E-state index contributed by atoms with van der Waals surface area (Å²) >= 11 is 3.42. The molecule has 0 aliphatic rings. The minimum absolute atomic E-state index is 0.0559. The molecule has 0 amide bonds. The highest BCUT2D eigenvalue weighted by atomic mass is 79.9. The van der Waals surface area contributed by atoms with Gasteiger partial charge < -0.3 is 10.1 Å². The molecule has 0 spiro atoms. The quantitative estimate of drug-likeness (QED) is 0.856. The van der Waals surface area contributed by atoms with Crippen molar-refractivity contribution < 1.29 is 9.13 Å². The van der Waals surface area contributed by atoms with Crippen molar-refractivity contribution in [3.8, 4) is 5.88 Å². The van der Waals surface area contributed by atoms with Crippen molar-refractivity contribution in [1.29, 1.82) is 0 Å². The van der Waals surface area contributed by atoms with Gasteiger partial charge in [0, 0.05) is 22.3 Å². The molecule has 1 unspecified atom stereocenters. The van der Waals surface area contributed by atoms with Gasteiger partial charge in [-0.3, -0.25) is 0 Å². The van der Waals surface area contributed by atoms with E-state index in [-0.39, 0.29) is 11.9 Å². The van der Waals surface area contributed by atoms with Gasteiger partial charge in [-0.05, 0) is 36.7 Å². The fourth-order valence-corrected chi connectivity index (χ4v) is 2.80. The fraction of sp³-hybridized carbons (Fsp3) is 0.312. The molecule has 1 aromatic carbocycles. The number of hydrogen-bond donors (Lipinski definition) is 1. The van der Waals surface area contributed by atoms with Crippen molar-refractivity contribution in [2.24, 2.45) is 0 Å². The van der Waals surface area contributed by atoms with E-state index in [1.54, 1.807) is 19.4 Å². The second kappa shape index (κ2) is 7.52. The Morgan fingerprint density at radius 3 is 2.86 bits per heavy atom. The number of nitrogens with one attached hydrogen (secondary N) is 1. The zero-order chi connectivity index (χ0) is 15.2. The summed E-state index contributed by atoms with van der Waals surface area (Å²) in [6, 6.07) is 8.70. The lowest BCUT2D eigenvalue weighted by Gasteiger charge is -2.20. The molecule has 3 nitrogen and oxygen atoms in total. The molecule has 0 saturated carbocycles. The molecule has 0 radical (unpaired) electrons. The van der Waals surface area contributed by atoms with Gasteiger partial charge in [0.2, 0.25) is 5.88 Å². The number of benzene rings is 1. The minimum Gasteiger partial charge on any atom is -0.481 e. The van der Waals surface area contributed by atoms with E-state index in [2.05, 4.69) is 33.2 Å². The largest absolute Gasteiger partial charge is 0.481 e. The average Bonchev–Trinajstić information content (AvgIpc) is 2.49. The topological polar surface area (TPSA) is 34.2 Å². The van der Waals surface area contributed by atoms with Crippen LogP contribution in [-0.2, 0) is 6.42 Å². The number of pyridine rings is 1. The first-order valence-electron chi connectivity index (χ1n) is 6.82. The monoisotopic (exact) mass is 352 g/mol. The van der Waals surface area contributed by atoms with Crippen LogP contribution in [0.1, 0.15) is 24.1 Å². The van der Waals surface area contributed by atoms with Gasteiger partial charge in [0.05, 0.1) is 7.11 Å². The lowest BCUT2D eigenvalue weighted by molar-refractivity contribution is 0.382. The molecule has 0 aliphatic carbocycles. The molecule has 1 aromatic heterocycles. The second-order valence-electron chi connectivity index (χ2n) is 4.65. The molecule has 0 bridgehead atoms. The number of ether oxygens (including phenoxy) is 1. The molecule has 2 rings (SSSR count). The molecule has 5 heteroatoms. The summed E-state index contributed by atoms with van der Waals surface area (Å²) in [6.45, 7) is 2.87. The third-order valence-electron chi connectivity index (χ3n) is 3.26. The average molecular weight is 353 g/mol. The Balaban J connectivity index is 2.30. The zero-order valence-electron chi connectivity index (χ0n) is 12.1. The van der Waals surface area contributed by atoms with Gasteiger partial charge in [0.1, 0.15) is 5.82 Å². The van der Waals surface area contributed by atoms with Crippen LogP contribution in [0.4, 0.5) is 4.39 Å². The fourth-order valence-electron chi connectivity index (χ4n) is 2.28. The van der Waals surface area contributed by atoms with Crippen molar-refractivity contribution in [3.63, 3.8) is 0 Å². The van der Waals surface area contributed by atoms with E-state index in [0.29, 0.717) is 5.88 Å². The maximum absolute atomic E-state index is 13.2. The summed E-state index contributed by atoms with van der Waals surface area (Å²) in [5, 5.41) is 3.43. The van der Waals surface area contributed by atoms with E-state index in [1.165, 1.54) is 12.1 Å². The van der Waals surface area contributed by atoms with E-state index < -0.39 is 0 Å². The summed E-state index contributed by atoms with van der Waals surface area (Å²) in [6.07, 6.45) is 2.43. The van der Waals surface area contributed by atoms with Crippen LogP contribution >= 0.6 is 15.9 Å². The molecule has 1 N–H and O–H groups in total. The van der Waals surface area contributed by atoms with Crippen molar-refractivity contribution >= 4 is 15.9 Å². The van der Waals surface area contributed by atoms with Gasteiger partial charge in [-0.15, -0.1) is 0 Å². The van der Waals surface area contributed by atoms with Crippen LogP contribution in [0.3, 0.4) is 0 Å². The van der Waals surface area contributed by atoms with Crippen molar-refractivity contribution in [3.05, 3.63) is 57.9 Å².